The van der Waals surface area contributed by atoms with Crippen LogP contribution in [0.25, 0.3) is 0 Å². The van der Waals surface area contributed by atoms with Crippen molar-refractivity contribution in [2.24, 2.45) is 0 Å². The number of aryl methyl sites for hydroxylation is 1. The largest absolute Gasteiger partial charge is 0.461 e. The Kier molecular flexibility index (Phi) is 39.1. The summed E-state index contributed by atoms with van der Waals surface area (Å²) in [6, 6.07) is 6.26. The molecule has 1 heterocycles. The number of likely N-dealkylation sites (tertiary alicyclic amines) is 1. The zero-order valence-corrected chi connectivity index (χ0v) is 43.8. The number of nitrogens with zero attached hydrogens (tertiary/aromatic N) is 1. The molecule has 388 valence electrons. The number of nitrogens with one attached hydrogen (secondary N) is 1. The second kappa shape index (κ2) is 43.3. The van der Waals surface area contributed by atoms with Gasteiger partial charge in [-0.15, -0.1) is 0 Å². The van der Waals surface area contributed by atoms with Crippen molar-refractivity contribution >= 4 is 18.0 Å². The molecule has 10 heteroatoms. The van der Waals surface area contributed by atoms with E-state index < -0.39 is 12.4 Å². The van der Waals surface area contributed by atoms with E-state index >= 15 is 0 Å². The van der Waals surface area contributed by atoms with E-state index in [-0.39, 0.29) is 44.1 Å². The molecular weight excluding hydrogens is 841 g/mol. The van der Waals surface area contributed by atoms with Gasteiger partial charge in [0.15, 0.2) is 6.29 Å². The zero-order chi connectivity index (χ0) is 48.3. The molecular formula is C57H102N2O8. The first kappa shape index (κ1) is 60.4. The predicted octanol–water partition coefficient (Wildman–Crippen LogP) is 15.0. The average Bonchev–Trinajstić information content (AvgIpc) is 3.85. The molecule has 1 atom stereocenters. The number of ether oxygens (including phenoxy) is 5. The normalized spacial score (nSPS) is 13.3. The summed E-state index contributed by atoms with van der Waals surface area (Å²) in [5, 5.41) is 2.92. The molecule has 1 aliphatic rings. The molecule has 1 aromatic carbocycles. The molecule has 0 bridgehead atoms. The SMILES string of the molecule is CCCCCCCCCCCCc1cc(COC(=O)CCC(CCCCCC)OC(=O)NCCN2CCCC2)cc(COC(=O)CCC(OCCCCCCCC)OCCCCCCCC)c1. The van der Waals surface area contributed by atoms with Crippen LogP contribution in [0.3, 0.4) is 0 Å². The quantitative estimate of drug-likeness (QED) is 0.0295. The highest BCUT2D eigenvalue weighted by Gasteiger charge is 2.19. The van der Waals surface area contributed by atoms with Crippen molar-refractivity contribution in [1.82, 2.24) is 10.2 Å². The second-order valence-electron chi connectivity index (χ2n) is 19.5. The number of amides is 1. The van der Waals surface area contributed by atoms with Crippen LogP contribution in [-0.4, -0.2) is 74.7 Å². The highest BCUT2D eigenvalue weighted by molar-refractivity contribution is 5.70. The van der Waals surface area contributed by atoms with E-state index in [0.717, 1.165) is 101 Å². The highest BCUT2D eigenvalue weighted by Crippen LogP contribution is 2.20. The van der Waals surface area contributed by atoms with Crippen LogP contribution in [0.2, 0.25) is 0 Å². The number of carbonyl (C=O) groups excluding carboxylic acids is 3. The van der Waals surface area contributed by atoms with Crippen molar-refractivity contribution in [1.29, 1.82) is 0 Å². The Morgan fingerprint density at radius 3 is 1.46 bits per heavy atom. The van der Waals surface area contributed by atoms with E-state index in [1.165, 1.54) is 128 Å². The van der Waals surface area contributed by atoms with Gasteiger partial charge in [-0.3, -0.25) is 9.59 Å². The lowest BCUT2D eigenvalue weighted by Gasteiger charge is -2.19. The molecule has 1 amide bonds. The maximum absolute atomic E-state index is 13.2. The van der Waals surface area contributed by atoms with Crippen molar-refractivity contribution in [3.63, 3.8) is 0 Å². The molecule has 0 radical (unpaired) electrons. The predicted molar refractivity (Wildman–Crippen MR) is 275 cm³/mol. The highest BCUT2D eigenvalue weighted by atomic mass is 16.7. The molecule has 2 rings (SSSR count). The Labute approximate surface area is 410 Å². The molecule has 67 heavy (non-hydrogen) atoms. The van der Waals surface area contributed by atoms with Gasteiger partial charge in [-0.1, -0.05) is 181 Å². The molecule has 1 aliphatic heterocycles. The van der Waals surface area contributed by atoms with Crippen LogP contribution in [0.15, 0.2) is 18.2 Å². The van der Waals surface area contributed by atoms with Crippen molar-refractivity contribution in [3.05, 3.63) is 34.9 Å². The van der Waals surface area contributed by atoms with Crippen LogP contribution in [0.5, 0.6) is 0 Å². The van der Waals surface area contributed by atoms with Gasteiger partial charge in [-0.05, 0) is 93.6 Å². The monoisotopic (exact) mass is 943 g/mol. The van der Waals surface area contributed by atoms with Gasteiger partial charge in [0.1, 0.15) is 19.3 Å². The minimum Gasteiger partial charge on any atom is -0.461 e. The van der Waals surface area contributed by atoms with Gasteiger partial charge >= 0.3 is 18.0 Å². The van der Waals surface area contributed by atoms with Gasteiger partial charge in [-0.2, -0.15) is 0 Å². The van der Waals surface area contributed by atoms with Crippen molar-refractivity contribution in [2.75, 3.05) is 39.4 Å². The number of benzene rings is 1. The summed E-state index contributed by atoms with van der Waals surface area (Å²) in [5.74, 6) is -0.576. The summed E-state index contributed by atoms with van der Waals surface area (Å²) in [6.07, 6.45) is 35.7. The summed E-state index contributed by atoms with van der Waals surface area (Å²) in [6.45, 7) is 14.1. The number of esters is 2. The Balaban J connectivity index is 1.97. The second-order valence-corrected chi connectivity index (χ2v) is 19.5. The maximum atomic E-state index is 13.2. The summed E-state index contributed by atoms with van der Waals surface area (Å²) in [4.78, 5) is 41.5. The van der Waals surface area contributed by atoms with Gasteiger partial charge in [0.05, 0.1) is 6.42 Å². The number of alkyl carbamates (subject to hydrolysis) is 1. The lowest BCUT2D eigenvalue weighted by Crippen LogP contribution is -2.35. The van der Waals surface area contributed by atoms with Gasteiger partial charge in [-0.25, -0.2) is 4.79 Å². The molecule has 10 nitrogen and oxygen atoms in total. The summed E-state index contributed by atoms with van der Waals surface area (Å²) in [5.41, 5.74) is 2.96. The first-order chi connectivity index (χ1) is 32.9. The van der Waals surface area contributed by atoms with E-state index in [4.69, 9.17) is 23.7 Å². The minimum atomic E-state index is -0.408. The van der Waals surface area contributed by atoms with E-state index in [2.05, 4.69) is 50.0 Å². The van der Waals surface area contributed by atoms with E-state index in [1.807, 2.05) is 6.07 Å². The lowest BCUT2D eigenvalue weighted by atomic mass is 10.00. The molecule has 0 aromatic heterocycles. The van der Waals surface area contributed by atoms with Crippen molar-refractivity contribution < 1.29 is 38.1 Å². The Hall–Kier alpha value is -2.69. The Morgan fingerprint density at radius 1 is 0.522 bits per heavy atom. The average molecular weight is 943 g/mol. The van der Waals surface area contributed by atoms with Gasteiger partial charge in [0.25, 0.3) is 0 Å². The van der Waals surface area contributed by atoms with Crippen molar-refractivity contribution in [2.45, 2.75) is 272 Å². The molecule has 0 spiro atoms. The van der Waals surface area contributed by atoms with E-state index in [9.17, 15) is 14.4 Å². The van der Waals surface area contributed by atoms with Gasteiger partial charge < -0.3 is 33.9 Å². The summed E-state index contributed by atoms with van der Waals surface area (Å²) >= 11 is 0. The summed E-state index contributed by atoms with van der Waals surface area (Å²) < 4.78 is 29.9. The molecule has 1 N–H and O–H groups in total. The fourth-order valence-corrected chi connectivity index (χ4v) is 8.94. The van der Waals surface area contributed by atoms with Crippen LogP contribution in [-0.2, 0) is 52.9 Å². The van der Waals surface area contributed by atoms with Crippen LogP contribution in [0, 0.1) is 0 Å². The first-order valence-corrected chi connectivity index (χ1v) is 28.2. The standard InChI is InChI=1S/C57H102N2O8/c1-5-9-13-17-20-21-22-23-24-27-33-50-45-51(48-65-54(60)36-35-53(34-28-16-12-8-4)67-57(62)58-39-42-59-40-29-30-41-59)47-52(46-50)49-66-55(61)37-38-56(63-43-31-25-18-14-10-6-2)64-44-32-26-19-15-11-7-3/h45-47,53,56H,5-44,48-49H2,1-4H3,(H,58,62). The van der Waals surface area contributed by atoms with Crippen molar-refractivity contribution in [3.8, 4) is 0 Å². The van der Waals surface area contributed by atoms with Crippen LogP contribution in [0.4, 0.5) is 4.79 Å². The van der Waals surface area contributed by atoms with Crippen LogP contribution in [0.1, 0.15) is 256 Å². The van der Waals surface area contributed by atoms with Gasteiger partial charge in [0.2, 0.25) is 0 Å². The zero-order valence-electron chi connectivity index (χ0n) is 43.8. The van der Waals surface area contributed by atoms with Gasteiger partial charge in [0, 0.05) is 39.1 Å². The lowest BCUT2D eigenvalue weighted by molar-refractivity contribution is -0.160. The Morgan fingerprint density at radius 2 is 0.955 bits per heavy atom. The van der Waals surface area contributed by atoms with E-state index in [1.54, 1.807) is 0 Å². The topological polar surface area (TPSA) is 113 Å². The molecule has 1 aromatic rings. The first-order valence-electron chi connectivity index (χ1n) is 28.2. The molecule has 1 saturated heterocycles. The number of hydrogen-bond donors (Lipinski definition) is 1. The molecule has 1 unspecified atom stereocenters. The minimum absolute atomic E-state index is 0.137. The Bertz CT molecular complexity index is 1320. The van der Waals surface area contributed by atoms with Crippen LogP contribution < -0.4 is 5.32 Å². The maximum Gasteiger partial charge on any atom is 0.407 e. The fourth-order valence-electron chi connectivity index (χ4n) is 8.94. The number of hydrogen-bond acceptors (Lipinski definition) is 9. The molecule has 0 saturated carbocycles. The number of carbonyl (C=O) groups is 3. The fraction of sp³-hybridized carbons (Fsp3) is 0.842. The number of unbranched alkanes of at least 4 members (excludes halogenated alkanes) is 22. The third-order valence-corrected chi connectivity index (χ3v) is 13.1. The van der Waals surface area contributed by atoms with Crippen LogP contribution >= 0.6 is 0 Å². The third kappa shape index (κ3) is 35.1. The molecule has 1 fully saturated rings. The summed E-state index contributed by atoms with van der Waals surface area (Å²) in [7, 11) is 0. The third-order valence-electron chi connectivity index (χ3n) is 13.1. The number of rotatable bonds is 46. The van der Waals surface area contributed by atoms with E-state index in [0.29, 0.717) is 32.6 Å². The smallest absolute Gasteiger partial charge is 0.407 e. The molecule has 0 aliphatic carbocycles.